The van der Waals surface area contributed by atoms with E-state index in [2.05, 4.69) is 36.1 Å². The fourth-order valence-corrected chi connectivity index (χ4v) is 1.78. The van der Waals surface area contributed by atoms with Crippen molar-refractivity contribution in [3.63, 3.8) is 0 Å². The lowest BCUT2D eigenvalue weighted by Gasteiger charge is -2.34. The topological polar surface area (TPSA) is 40.7 Å². The van der Waals surface area contributed by atoms with Crippen molar-refractivity contribution in [3.05, 3.63) is 17.7 Å². The number of aromatic nitrogens is 2. The molecule has 0 fully saturated rings. The number of nitrogens with one attached hydrogen (secondary N) is 2. The molecule has 0 saturated carbocycles. The molecule has 2 rings (SSSR count). The zero-order valence-electron chi connectivity index (χ0n) is 8.52. The van der Waals surface area contributed by atoms with Crippen molar-refractivity contribution in [3.8, 4) is 0 Å². The standard InChI is InChI=1S/C10H17N3/c1-10(2,3)9-4-7-8(5-11-9)13-6-12-7/h6,9,11H,4-5H2,1-3H3,(H,12,13). The number of imidazole rings is 1. The van der Waals surface area contributed by atoms with Crippen molar-refractivity contribution in [2.45, 2.75) is 39.8 Å². The van der Waals surface area contributed by atoms with Gasteiger partial charge in [0.1, 0.15) is 0 Å². The maximum absolute atomic E-state index is 4.32. The SMILES string of the molecule is CC(C)(C)C1Cc2nc[nH]c2CN1. The van der Waals surface area contributed by atoms with Crippen molar-refractivity contribution >= 4 is 0 Å². The molecule has 1 aliphatic rings. The average Bonchev–Trinajstić information content (AvgIpc) is 2.47. The van der Waals surface area contributed by atoms with Gasteiger partial charge in [0.15, 0.2) is 0 Å². The molecule has 1 aromatic heterocycles. The van der Waals surface area contributed by atoms with Gasteiger partial charge in [0.05, 0.1) is 17.7 Å². The molecule has 0 bridgehead atoms. The van der Waals surface area contributed by atoms with Gasteiger partial charge in [-0.1, -0.05) is 20.8 Å². The first-order valence-electron chi connectivity index (χ1n) is 4.82. The lowest BCUT2D eigenvalue weighted by atomic mass is 9.82. The van der Waals surface area contributed by atoms with Crippen LogP contribution < -0.4 is 5.32 Å². The van der Waals surface area contributed by atoms with Gasteiger partial charge in [-0.05, 0) is 5.41 Å². The zero-order valence-corrected chi connectivity index (χ0v) is 8.52. The number of hydrogen-bond donors (Lipinski definition) is 2. The van der Waals surface area contributed by atoms with E-state index in [0.717, 1.165) is 13.0 Å². The van der Waals surface area contributed by atoms with Crippen LogP contribution in [0.1, 0.15) is 32.2 Å². The highest BCUT2D eigenvalue weighted by Gasteiger charge is 2.29. The second-order valence-corrected chi connectivity index (χ2v) is 4.83. The number of rotatable bonds is 0. The van der Waals surface area contributed by atoms with Gasteiger partial charge in [0.2, 0.25) is 0 Å². The third-order valence-electron chi connectivity index (χ3n) is 2.78. The maximum Gasteiger partial charge on any atom is 0.0925 e. The van der Waals surface area contributed by atoms with Crippen molar-refractivity contribution in [2.75, 3.05) is 0 Å². The Kier molecular flexibility index (Phi) is 1.91. The van der Waals surface area contributed by atoms with E-state index in [1.165, 1.54) is 11.4 Å². The van der Waals surface area contributed by atoms with Crippen molar-refractivity contribution in [1.82, 2.24) is 15.3 Å². The summed E-state index contributed by atoms with van der Waals surface area (Å²) in [6.07, 6.45) is 2.83. The van der Waals surface area contributed by atoms with E-state index in [-0.39, 0.29) is 0 Å². The summed E-state index contributed by atoms with van der Waals surface area (Å²) in [6, 6.07) is 0.545. The minimum absolute atomic E-state index is 0.316. The van der Waals surface area contributed by atoms with E-state index < -0.39 is 0 Å². The fraction of sp³-hybridized carbons (Fsp3) is 0.700. The highest BCUT2D eigenvalue weighted by Crippen LogP contribution is 2.25. The molecule has 1 unspecified atom stereocenters. The van der Waals surface area contributed by atoms with Crippen LogP contribution in [-0.4, -0.2) is 16.0 Å². The molecule has 0 aliphatic carbocycles. The Morgan fingerprint density at radius 3 is 2.92 bits per heavy atom. The largest absolute Gasteiger partial charge is 0.347 e. The van der Waals surface area contributed by atoms with E-state index in [4.69, 9.17) is 0 Å². The van der Waals surface area contributed by atoms with Gasteiger partial charge in [-0.2, -0.15) is 0 Å². The van der Waals surface area contributed by atoms with E-state index >= 15 is 0 Å². The predicted octanol–water partition coefficient (Wildman–Crippen LogP) is 1.47. The summed E-state index contributed by atoms with van der Waals surface area (Å²) >= 11 is 0. The normalized spacial score (nSPS) is 22.8. The maximum atomic E-state index is 4.32. The molecule has 0 saturated heterocycles. The van der Waals surface area contributed by atoms with Gasteiger partial charge in [-0.25, -0.2) is 4.98 Å². The van der Waals surface area contributed by atoms with E-state index in [0.29, 0.717) is 11.5 Å². The summed E-state index contributed by atoms with van der Waals surface area (Å²) in [5.74, 6) is 0. The van der Waals surface area contributed by atoms with Crippen LogP contribution in [0, 0.1) is 5.41 Å². The van der Waals surface area contributed by atoms with Crippen LogP contribution in [0.25, 0.3) is 0 Å². The summed E-state index contributed by atoms with van der Waals surface area (Å²) in [5.41, 5.74) is 2.80. The molecule has 0 amide bonds. The molecule has 3 nitrogen and oxygen atoms in total. The fourth-order valence-electron chi connectivity index (χ4n) is 1.78. The molecule has 0 aromatic carbocycles. The van der Waals surface area contributed by atoms with Crippen LogP contribution in [0.4, 0.5) is 0 Å². The van der Waals surface area contributed by atoms with Crippen LogP contribution in [0.5, 0.6) is 0 Å². The lowest BCUT2D eigenvalue weighted by Crippen LogP contribution is -2.44. The first-order valence-corrected chi connectivity index (χ1v) is 4.82. The Balaban J connectivity index is 2.18. The van der Waals surface area contributed by atoms with Gasteiger partial charge in [0.25, 0.3) is 0 Å². The van der Waals surface area contributed by atoms with Gasteiger partial charge >= 0.3 is 0 Å². The molecule has 1 atom stereocenters. The molecule has 1 aliphatic heterocycles. The Hall–Kier alpha value is -0.830. The second kappa shape index (κ2) is 2.84. The first kappa shape index (κ1) is 8.75. The van der Waals surface area contributed by atoms with E-state index in [1.807, 2.05) is 0 Å². The number of aromatic amines is 1. The number of H-pyrrole nitrogens is 1. The molecular formula is C10H17N3. The second-order valence-electron chi connectivity index (χ2n) is 4.83. The van der Waals surface area contributed by atoms with Crippen LogP contribution in [-0.2, 0) is 13.0 Å². The Labute approximate surface area is 79.0 Å². The minimum Gasteiger partial charge on any atom is -0.347 e. The summed E-state index contributed by atoms with van der Waals surface area (Å²) in [7, 11) is 0. The molecule has 2 N–H and O–H groups in total. The molecule has 13 heavy (non-hydrogen) atoms. The molecule has 1 aromatic rings. The minimum atomic E-state index is 0.316. The van der Waals surface area contributed by atoms with Gasteiger partial charge in [-0.3, -0.25) is 0 Å². The third kappa shape index (κ3) is 1.61. The van der Waals surface area contributed by atoms with Gasteiger partial charge in [-0.15, -0.1) is 0 Å². The summed E-state index contributed by atoms with van der Waals surface area (Å²) in [6.45, 7) is 7.73. The van der Waals surface area contributed by atoms with Crippen LogP contribution in [0.15, 0.2) is 6.33 Å². The Bertz CT molecular complexity index is 295. The van der Waals surface area contributed by atoms with Gasteiger partial charge in [0, 0.05) is 19.0 Å². The summed E-state index contributed by atoms with van der Waals surface area (Å²) in [4.78, 5) is 7.48. The quantitative estimate of drug-likeness (QED) is 0.633. The van der Waals surface area contributed by atoms with Crippen LogP contribution in [0.2, 0.25) is 0 Å². The molecule has 0 spiro atoms. The van der Waals surface area contributed by atoms with Crippen LogP contribution >= 0.6 is 0 Å². The smallest absolute Gasteiger partial charge is 0.0925 e. The van der Waals surface area contributed by atoms with Crippen molar-refractivity contribution in [2.24, 2.45) is 5.41 Å². The van der Waals surface area contributed by atoms with E-state index in [1.54, 1.807) is 6.33 Å². The summed E-state index contributed by atoms with van der Waals surface area (Å²) in [5, 5.41) is 3.53. The molecule has 0 radical (unpaired) electrons. The summed E-state index contributed by atoms with van der Waals surface area (Å²) < 4.78 is 0. The lowest BCUT2D eigenvalue weighted by molar-refractivity contribution is 0.252. The highest BCUT2D eigenvalue weighted by atomic mass is 15.0. The zero-order chi connectivity index (χ0) is 9.47. The monoisotopic (exact) mass is 179 g/mol. The average molecular weight is 179 g/mol. The van der Waals surface area contributed by atoms with Crippen molar-refractivity contribution in [1.29, 1.82) is 0 Å². The number of hydrogen-bond acceptors (Lipinski definition) is 2. The van der Waals surface area contributed by atoms with Gasteiger partial charge < -0.3 is 10.3 Å². The molecule has 2 heterocycles. The van der Waals surface area contributed by atoms with Crippen LogP contribution in [0.3, 0.4) is 0 Å². The Morgan fingerprint density at radius 2 is 2.23 bits per heavy atom. The molecular weight excluding hydrogens is 162 g/mol. The Morgan fingerprint density at radius 1 is 1.46 bits per heavy atom. The van der Waals surface area contributed by atoms with Crippen molar-refractivity contribution < 1.29 is 0 Å². The first-order chi connectivity index (χ1) is 6.07. The highest BCUT2D eigenvalue weighted by molar-refractivity contribution is 5.16. The molecule has 3 heteroatoms. The number of nitrogens with zero attached hydrogens (tertiary/aromatic N) is 1. The predicted molar refractivity (Wildman–Crippen MR) is 52.4 cm³/mol. The molecule has 72 valence electrons. The third-order valence-corrected chi connectivity index (χ3v) is 2.78. The number of fused-ring (bicyclic) bond motifs is 1. The van der Waals surface area contributed by atoms with E-state index in [9.17, 15) is 0 Å².